The summed E-state index contributed by atoms with van der Waals surface area (Å²) in [4.78, 5) is 0. The molecular formula is C23H40N4. The van der Waals surface area contributed by atoms with Gasteiger partial charge in [-0.15, -0.1) is 0 Å². The van der Waals surface area contributed by atoms with Gasteiger partial charge in [-0.05, 0) is 95.3 Å². The van der Waals surface area contributed by atoms with E-state index in [0.29, 0.717) is 12.0 Å². The van der Waals surface area contributed by atoms with Crippen molar-refractivity contribution in [1.82, 2.24) is 10.6 Å². The zero-order valence-corrected chi connectivity index (χ0v) is 17.6. The highest BCUT2D eigenvalue weighted by Gasteiger charge is 2.31. The molecule has 0 spiro atoms. The summed E-state index contributed by atoms with van der Waals surface area (Å²) >= 11 is 0. The summed E-state index contributed by atoms with van der Waals surface area (Å²) in [6.45, 7) is 1.06. The molecule has 0 bridgehead atoms. The number of anilines is 2. The topological polar surface area (TPSA) is 48.1 Å². The first-order valence-corrected chi connectivity index (χ1v) is 11.1. The van der Waals surface area contributed by atoms with Crippen molar-refractivity contribution in [1.29, 1.82) is 0 Å². The lowest BCUT2D eigenvalue weighted by Crippen LogP contribution is -2.42. The zero-order chi connectivity index (χ0) is 19.1. The summed E-state index contributed by atoms with van der Waals surface area (Å²) in [6, 6.07) is 9.95. The lowest BCUT2D eigenvalue weighted by molar-refractivity contribution is 0.172. The third-order valence-corrected chi connectivity index (χ3v) is 7.13. The van der Waals surface area contributed by atoms with Crippen LogP contribution in [0.15, 0.2) is 24.3 Å². The molecule has 3 unspecified atom stereocenters. The van der Waals surface area contributed by atoms with Crippen molar-refractivity contribution in [2.24, 2.45) is 17.8 Å². The number of para-hydroxylation sites is 2. The molecule has 3 rings (SSSR count). The minimum absolute atomic E-state index is 0.649. The summed E-state index contributed by atoms with van der Waals surface area (Å²) < 4.78 is 0. The van der Waals surface area contributed by atoms with Gasteiger partial charge in [0.1, 0.15) is 0 Å². The van der Waals surface area contributed by atoms with Crippen LogP contribution in [0.1, 0.15) is 51.4 Å². The molecule has 0 heterocycles. The van der Waals surface area contributed by atoms with Crippen LogP contribution in [-0.2, 0) is 0 Å². The van der Waals surface area contributed by atoms with Gasteiger partial charge >= 0.3 is 0 Å². The summed E-state index contributed by atoms with van der Waals surface area (Å²) in [5.41, 5.74) is 2.41. The van der Waals surface area contributed by atoms with Gasteiger partial charge in [0.2, 0.25) is 0 Å². The first-order valence-electron chi connectivity index (χ1n) is 11.1. The molecule has 4 N–H and O–H groups in total. The van der Waals surface area contributed by atoms with Gasteiger partial charge in [0.05, 0.1) is 11.4 Å². The van der Waals surface area contributed by atoms with Crippen molar-refractivity contribution in [2.75, 3.05) is 38.3 Å². The van der Waals surface area contributed by atoms with Crippen LogP contribution >= 0.6 is 0 Å². The fourth-order valence-electron chi connectivity index (χ4n) is 5.44. The van der Waals surface area contributed by atoms with Gasteiger partial charge in [0.25, 0.3) is 0 Å². The highest BCUT2D eigenvalue weighted by molar-refractivity contribution is 5.68. The second-order valence-electron chi connectivity index (χ2n) is 8.75. The van der Waals surface area contributed by atoms with Crippen LogP contribution < -0.4 is 21.3 Å². The Morgan fingerprint density at radius 1 is 0.815 bits per heavy atom. The van der Waals surface area contributed by atoms with Crippen molar-refractivity contribution in [2.45, 2.75) is 63.5 Å². The van der Waals surface area contributed by atoms with Crippen molar-refractivity contribution < 1.29 is 0 Å². The zero-order valence-electron chi connectivity index (χ0n) is 17.6. The monoisotopic (exact) mass is 372 g/mol. The molecule has 4 heteroatoms. The number of nitrogens with one attached hydrogen (secondary N) is 4. The molecule has 2 saturated carbocycles. The number of benzene rings is 1. The first kappa shape index (κ1) is 20.5. The van der Waals surface area contributed by atoms with Crippen molar-refractivity contribution >= 4 is 11.4 Å². The average molecular weight is 373 g/mol. The van der Waals surface area contributed by atoms with E-state index >= 15 is 0 Å². The maximum Gasteiger partial charge on any atom is 0.0576 e. The molecule has 1 aromatic carbocycles. The van der Waals surface area contributed by atoms with Crippen molar-refractivity contribution in [3.05, 3.63) is 24.3 Å². The molecule has 0 radical (unpaired) electrons. The molecule has 0 saturated heterocycles. The van der Waals surface area contributed by atoms with Crippen LogP contribution in [0.5, 0.6) is 0 Å². The molecule has 4 nitrogen and oxygen atoms in total. The molecule has 2 aliphatic rings. The van der Waals surface area contributed by atoms with Crippen LogP contribution in [0.2, 0.25) is 0 Å². The Labute approximate surface area is 166 Å². The summed E-state index contributed by atoms with van der Waals surface area (Å²) in [5.74, 6) is 2.59. The highest BCUT2D eigenvalue weighted by Crippen LogP contribution is 2.37. The molecule has 2 aliphatic carbocycles. The molecule has 152 valence electrons. The molecule has 0 amide bonds. The van der Waals surface area contributed by atoms with E-state index in [-0.39, 0.29) is 0 Å². The Morgan fingerprint density at radius 2 is 1.52 bits per heavy atom. The molecule has 0 aliphatic heterocycles. The Bertz CT molecular complexity index is 553. The lowest BCUT2D eigenvalue weighted by atomic mass is 9.72. The fourth-order valence-corrected chi connectivity index (χ4v) is 5.44. The Balaban J connectivity index is 1.52. The lowest BCUT2D eigenvalue weighted by Gasteiger charge is -2.39. The van der Waals surface area contributed by atoms with Gasteiger partial charge in [0.15, 0.2) is 0 Å². The molecular weight excluding hydrogens is 332 g/mol. The third-order valence-electron chi connectivity index (χ3n) is 7.13. The third kappa shape index (κ3) is 5.61. The fraction of sp³-hybridized carbons (Fsp3) is 0.739. The second kappa shape index (κ2) is 10.3. The molecule has 3 atom stereocenters. The van der Waals surface area contributed by atoms with E-state index < -0.39 is 0 Å². The molecule has 0 aromatic heterocycles. The number of hydrogen-bond acceptors (Lipinski definition) is 4. The quantitative estimate of drug-likeness (QED) is 0.549. The van der Waals surface area contributed by atoms with Crippen molar-refractivity contribution in [3.8, 4) is 0 Å². The first-order chi connectivity index (χ1) is 13.2. The highest BCUT2D eigenvalue weighted by atomic mass is 15.0. The maximum atomic E-state index is 3.73. The van der Waals surface area contributed by atoms with Gasteiger partial charge < -0.3 is 21.3 Å². The van der Waals surface area contributed by atoms with E-state index in [4.69, 9.17) is 0 Å². The smallest absolute Gasteiger partial charge is 0.0576 e. The average Bonchev–Trinajstić information content (AvgIpc) is 2.73. The van der Waals surface area contributed by atoms with Crippen LogP contribution in [0.3, 0.4) is 0 Å². The van der Waals surface area contributed by atoms with E-state index in [2.05, 4.69) is 59.6 Å². The van der Waals surface area contributed by atoms with E-state index in [9.17, 15) is 0 Å². The summed E-state index contributed by atoms with van der Waals surface area (Å²) in [7, 11) is 6.25. The van der Waals surface area contributed by atoms with Gasteiger partial charge in [-0.2, -0.15) is 0 Å². The summed E-state index contributed by atoms with van der Waals surface area (Å²) in [5, 5.41) is 14.1. The van der Waals surface area contributed by atoms with Crippen LogP contribution in [0.4, 0.5) is 11.4 Å². The Morgan fingerprint density at radius 3 is 2.19 bits per heavy atom. The van der Waals surface area contributed by atoms with Gasteiger partial charge in [-0.1, -0.05) is 12.1 Å². The Kier molecular flexibility index (Phi) is 7.83. The normalized spacial score (nSPS) is 31.4. The van der Waals surface area contributed by atoms with E-state index in [1.165, 1.54) is 62.7 Å². The minimum Gasteiger partial charge on any atom is -0.386 e. The van der Waals surface area contributed by atoms with E-state index in [1.54, 1.807) is 0 Å². The molecule has 2 fully saturated rings. The summed E-state index contributed by atoms with van der Waals surface area (Å²) in [6.07, 6.45) is 11.2. The second-order valence-corrected chi connectivity index (χ2v) is 8.75. The predicted molar refractivity (Wildman–Crippen MR) is 118 cm³/mol. The Hall–Kier alpha value is -1.26. The van der Waals surface area contributed by atoms with E-state index in [0.717, 1.165) is 24.4 Å². The van der Waals surface area contributed by atoms with Crippen LogP contribution in [0.25, 0.3) is 0 Å². The number of rotatable bonds is 8. The molecule has 27 heavy (non-hydrogen) atoms. The van der Waals surface area contributed by atoms with E-state index in [1.807, 2.05) is 7.05 Å². The predicted octanol–water partition coefficient (Wildman–Crippen LogP) is 4.31. The van der Waals surface area contributed by atoms with Gasteiger partial charge in [-0.3, -0.25) is 0 Å². The van der Waals surface area contributed by atoms with Crippen LogP contribution in [-0.4, -0.2) is 39.8 Å². The van der Waals surface area contributed by atoms with Crippen LogP contribution in [0, 0.1) is 17.8 Å². The SMILES string of the molecule is CNc1ccccc1NCC1CC(CC2CCC(NC)CC2)CCC1NC. The number of hydrogen-bond donors (Lipinski definition) is 4. The maximum absolute atomic E-state index is 3.73. The van der Waals surface area contributed by atoms with Gasteiger partial charge in [0, 0.05) is 25.7 Å². The standard InChI is InChI=1S/C23H40N4/c1-24-20-11-8-17(9-12-20)14-18-10-13-21(25-2)19(15-18)16-27-23-7-5-4-6-22(23)26-3/h4-7,17-21,24-27H,8-16H2,1-3H3. The molecule has 1 aromatic rings. The minimum atomic E-state index is 0.649. The van der Waals surface area contributed by atoms with Gasteiger partial charge in [-0.25, -0.2) is 0 Å². The van der Waals surface area contributed by atoms with Crippen molar-refractivity contribution in [3.63, 3.8) is 0 Å². The largest absolute Gasteiger partial charge is 0.386 e.